The number of para-hydroxylation sites is 1. The lowest BCUT2D eigenvalue weighted by Crippen LogP contribution is -2.41. The molecule has 0 N–H and O–H groups in total. The van der Waals surface area contributed by atoms with Crippen molar-refractivity contribution in [1.82, 2.24) is 4.57 Å². The Morgan fingerprint density at radius 3 is 2.40 bits per heavy atom. The van der Waals surface area contributed by atoms with Crippen molar-refractivity contribution in [2.75, 3.05) is 0 Å². The van der Waals surface area contributed by atoms with Crippen molar-refractivity contribution in [3.63, 3.8) is 0 Å². The minimum atomic E-state index is -1.33. The Hall–Kier alpha value is -3.71. The second-order valence-corrected chi connectivity index (χ2v) is 14.6. The summed E-state index contributed by atoms with van der Waals surface area (Å²) in [6, 6.07) is 19.9. The number of nitriles is 1. The summed E-state index contributed by atoms with van der Waals surface area (Å²) in [6.07, 6.45) is 4.79. The van der Waals surface area contributed by atoms with Gasteiger partial charge in [0.1, 0.15) is 17.1 Å². The van der Waals surface area contributed by atoms with E-state index in [2.05, 4.69) is 26.8 Å². The van der Waals surface area contributed by atoms with Crippen LogP contribution in [0.3, 0.4) is 0 Å². The molecule has 42 heavy (non-hydrogen) atoms. The van der Waals surface area contributed by atoms with E-state index in [9.17, 15) is 10.1 Å². The van der Waals surface area contributed by atoms with Gasteiger partial charge in [-0.15, -0.1) is 0 Å². The summed E-state index contributed by atoms with van der Waals surface area (Å²) in [6.45, 7) is 14.3. The van der Waals surface area contributed by atoms with E-state index in [4.69, 9.17) is 30.9 Å². The zero-order chi connectivity index (χ0) is 30.7. The highest BCUT2D eigenvalue weighted by atomic mass is 32.1. The first kappa shape index (κ1) is 31.2. The van der Waals surface area contributed by atoms with E-state index in [1.807, 2.05) is 57.3 Å². The third kappa shape index (κ3) is 7.56. The number of fused-ring (bicyclic) bond motifs is 1. The van der Waals surface area contributed by atoms with Gasteiger partial charge in [-0.1, -0.05) is 39.0 Å². The van der Waals surface area contributed by atoms with Gasteiger partial charge in [0.05, 0.1) is 17.3 Å². The monoisotopic (exact) mass is 601 g/mol. The standard InChI is InChI=1S/C33H37N2O5SSi/c1-31(2,3)16-17-33(40-42(6)7,39-30(41)37-25-11-9-8-10-12-25)24-15-18-35(29(36)20-24)27-21-32(4,5)38-28-14-13-23(22-34)19-26(27)28/h8-15,18-21H,16-17H2,1-7H3. The molecule has 1 aromatic heterocycles. The van der Waals surface area contributed by atoms with E-state index in [0.717, 1.165) is 6.42 Å². The van der Waals surface area contributed by atoms with Crippen LogP contribution in [0.2, 0.25) is 13.1 Å². The summed E-state index contributed by atoms with van der Waals surface area (Å²) in [7, 11) is -1.33. The number of nitrogens with zero attached hydrogens (tertiary/aromatic N) is 2. The average molecular weight is 602 g/mol. The summed E-state index contributed by atoms with van der Waals surface area (Å²) < 4.78 is 26.5. The maximum absolute atomic E-state index is 13.9. The third-order valence-corrected chi connectivity index (χ3v) is 7.53. The van der Waals surface area contributed by atoms with E-state index in [0.29, 0.717) is 40.3 Å². The van der Waals surface area contributed by atoms with Crippen molar-refractivity contribution in [2.45, 2.75) is 71.9 Å². The molecule has 1 aliphatic rings. The summed E-state index contributed by atoms with van der Waals surface area (Å²) in [5.74, 6) is -0.179. The van der Waals surface area contributed by atoms with Gasteiger partial charge < -0.3 is 18.6 Å². The van der Waals surface area contributed by atoms with Crippen LogP contribution >= 0.6 is 12.2 Å². The van der Waals surface area contributed by atoms with Gasteiger partial charge in [0, 0.05) is 42.0 Å². The Labute approximate surface area is 255 Å². The first-order valence-electron chi connectivity index (χ1n) is 13.9. The molecule has 2 aromatic carbocycles. The Morgan fingerprint density at radius 1 is 1.07 bits per heavy atom. The third-order valence-electron chi connectivity index (χ3n) is 6.63. The van der Waals surface area contributed by atoms with Gasteiger partial charge in [0.2, 0.25) is 14.8 Å². The minimum Gasteiger partial charge on any atom is -0.483 e. The van der Waals surface area contributed by atoms with Crippen LogP contribution < -0.4 is 15.0 Å². The van der Waals surface area contributed by atoms with Crippen LogP contribution in [0.1, 0.15) is 64.2 Å². The number of ether oxygens (including phenoxy) is 3. The lowest BCUT2D eigenvalue weighted by molar-refractivity contribution is -0.152. The van der Waals surface area contributed by atoms with Crippen LogP contribution in [-0.4, -0.2) is 24.4 Å². The summed E-state index contributed by atoms with van der Waals surface area (Å²) in [5, 5.41) is 9.41. The van der Waals surface area contributed by atoms with E-state index in [1.54, 1.807) is 41.1 Å². The van der Waals surface area contributed by atoms with Crippen molar-refractivity contribution in [3.8, 4) is 17.6 Å². The molecule has 2 heterocycles. The smallest absolute Gasteiger partial charge is 0.360 e. The average Bonchev–Trinajstić information content (AvgIpc) is 2.90. The molecular weight excluding hydrogens is 565 g/mol. The highest BCUT2D eigenvalue weighted by Gasteiger charge is 2.40. The fourth-order valence-electron chi connectivity index (χ4n) is 4.72. The predicted octanol–water partition coefficient (Wildman–Crippen LogP) is 7.41. The first-order chi connectivity index (χ1) is 19.7. The molecule has 7 nitrogen and oxygen atoms in total. The van der Waals surface area contributed by atoms with Gasteiger partial charge in [0.25, 0.3) is 5.56 Å². The van der Waals surface area contributed by atoms with Crippen LogP contribution in [-0.2, 0) is 14.9 Å². The minimum absolute atomic E-state index is 0.0378. The molecular formula is C33H37N2O5SSi. The van der Waals surface area contributed by atoms with Gasteiger partial charge >= 0.3 is 5.24 Å². The molecule has 219 valence electrons. The number of aromatic nitrogens is 1. The van der Waals surface area contributed by atoms with Crippen LogP contribution in [0, 0.1) is 16.7 Å². The number of thiocarbonyl (C=S) groups is 1. The molecule has 0 amide bonds. The fraction of sp³-hybridized carbons (Fsp3) is 0.364. The number of hydrogen-bond donors (Lipinski definition) is 0. The van der Waals surface area contributed by atoms with Crippen molar-refractivity contribution >= 4 is 32.2 Å². The number of benzene rings is 2. The quantitative estimate of drug-likeness (QED) is 0.151. The largest absolute Gasteiger partial charge is 0.483 e. The predicted molar refractivity (Wildman–Crippen MR) is 170 cm³/mol. The van der Waals surface area contributed by atoms with Gasteiger partial charge in [-0.2, -0.15) is 5.26 Å². The van der Waals surface area contributed by atoms with Crippen molar-refractivity contribution in [3.05, 3.63) is 100.0 Å². The summed E-state index contributed by atoms with van der Waals surface area (Å²) >= 11 is 5.55. The topological polar surface area (TPSA) is 82.7 Å². The molecule has 0 bridgehead atoms. The number of hydrogen-bond acceptors (Lipinski definition) is 7. The molecule has 1 aliphatic heterocycles. The van der Waals surface area contributed by atoms with E-state index >= 15 is 0 Å². The van der Waals surface area contributed by atoms with Crippen LogP contribution in [0.25, 0.3) is 5.70 Å². The molecule has 0 fully saturated rings. The zero-order valence-corrected chi connectivity index (χ0v) is 27.0. The Morgan fingerprint density at radius 2 is 1.79 bits per heavy atom. The Balaban J connectivity index is 1.80. The van der Waals surface area contributed by atoms with E-state index in [1.165, 1.54) is 6.07 Å². The molecule has 3 aromatic rings. The van der Waals surface area contributed by atoms with Gasteiger partial charge in [-0.3, -0.25) is 9.36 Å². The zero-order valence-electron chi connectivity index (χ0n) is 25.2. The number of rotatable bonds is 8. The second-order valence-electron chi connectivity index (χ2n) is 12.3. The van der Waals surface area contributed by atoms with Crippen molar-refractivity contribution in [1.29, 1.82) is 5.26 Å². The molecule has 0 saturated heterocycles. The van der Waals surface area contributed by atoms with E-state index in [-0.39, 0.29) is 16.2 Å². The Kier molecular flexibility index (Phi) is 9.11. The Bertz CT molecular complexity index is 1580. The van der Waals surface area contributed by atoms with Crippen LogP contribution in [0.5, 0.6) is 11.5 Å². The molecule has 4 rings (SSSR count). The lowest BCUT2D eigenvalue weighted by Gasteiger charge is -2.37. The maximum atomic E-state index is 13.9. The number of pyridine rings is 1. The van der Waals surface area contributed by atoms with E-state index < -0.39 is 20.4 Å². The summed E-state index contributed by atoms with van der Waals surface area (Å²) in [5.41, 5.74) is 1.34. The fourth-order valence-corrected chi connectivity index (χ4v) is 5.87. The van der Waals surface area contributed by atoms with Crippen molar-refractivity contribution < 1.29 is 18.6 Å². The lowest BCUT2D eigenvalue weighted by atomic mass is 9.86. The van der Waals surface area contributed by atoms with Crippen LogP contribution in [0.4, 0.5) is 0 Å². The molecule has 1 radical (unpaired) electrons. The molecule has 1 unspecified atom stereocenters. The van der Waals surface area contributed by atoms with Gasteiger partial charge in [-0.25, -0.2) is 0 Å². The molecule has 9 heteroatoms. The normalized spacial score (nSPS) is 15.5. The van der Waals surface area contributed by atoms with Gasteiger partial charge in [-0.05, 0) is 81.3 Å². The highest BCUT2D eigenvalue weighted by Crippen LogP contribution is 2.39. The first-order valence-corrected chi connectivity index (χ1v) is 16.7. The van der Waals surface area contributed by atoms with Crippen LogP contribution in [0.15, 0.2) is 77.7 Å². The second kappa shape index (κ2) is 12.3. The molecule has 1 atom stereocenters. The SMILES string of the molecule is C[Si](C)OC(CCC(C)(C)C)(OC(=S)Oc1ccccc1)c1ccn(C2=CC(C)(C)Oc3ccc(C#N)cc32)c(=O)c1. The summed E-state index contributed by atoms with van der Waals surface area (Å²) in [4.78, 5) is 13.9. The maximum Gasteiger partial charge on any atom is 0.360 e. The van der Waals surface area contributed by atoms with Crippen molar-refractivity contribution in [2.24, 2.45) is 5.41 Å². The van der Waals surface area contributed by atoms with Gasteiger partial charge in [0.15, 0.2) is 0 Å². The molecule has 0 aliphatic carbocycles. The molecule has 0 saturated carbocycles. The molecule has 0 spiro atoms. The highest BCUT2D eigenvalue weighted by molar-refractivity contribution is 7.79.